The van der Waals surface area contributed by atoms with E-state index in [1.165, 1.54) is 68.7 Å². The third-order valence-corrected chi connectivity index (χ3v) is 12.9. The van der Waals surface area contributed by atoms with Crippen LogP contribution in [0.5, 0.6) is 0 Å². The van der Waals surface area contributed by atoms with Gasteiger partial charge in [-0.1, -0.05) is 133 Å². The van der Waals surface area contributed by atoms with Crippen molar-refractivity contribution in [1.29, 1.82) is 0 Å². The lowest BCUT2D eigenvalue weighted by Crippen LogP contribution is -2.09. The summed E-state index contributed by atoms with van der Waals surface area (Å²) >= 11 is 3.62. The van der Waals surface area contributed by atoms with Gasteiger partial charge in [0.15, 0.2) is 0 Å². The molecular weight excluding hydrogens is 705 g/mol. The van der Waals surface area contributed by atoms with Gasteiger partial charge in [-0.2, -0.15) is 0 Å². The summed E-state index contributed by atoms with van der Waals surface area (Å²) in [6.45, 7) is 0. The first-order valence-electron chi connectivity index (χ1n) is 18.5. The van der Waals surface area contributed by atoms with E-state index in [4.69, 9.17) is 4.98 Å². The first-order valence-corrected chi connectivity index (χ1v) is 20.2. The standard InChI is InChI=1S/C51H32N2S2/c1-3-12-35(13-4-1)51-52-46-32-48-45(31-49(46)55-51)50-41(20-11-21-47(50)54-48)33-22-26-38(27-23-33)53(37-15-5-2-6-16-37)39-28-24-34(25-29-39)44-30-36-14-7-8-17-40(36)42-18-9-10-19-43(42)44/h1-32H. The molecule has 0 amide bonds. The van der Waals surface area contributed by atoms with Gasteiger partial charge in [0.2, 0.25) is 0 Å². The Hall–Kier alpha value is -6.59. The molecule has 11 aromatic rings. The second kappa shape index (κ2) is 13.1. The van der Waals surface area contributed by atoms with Crippen molar-refractivity contribution in [2.75, 3.05) is 4.90 Å². The lowest BCUT2D eigenvalue weighted by molar-refractivity contribution is 1.28. The molecule has 0 radical (unpaired) electrons. The molecule has 0 spiro atoms. The monoisotopic (exact) mass is 736 g/mol. The number of nitrogens with zero attached hydrogens (tertiary/aromatic N) is 2. The van der Waals surface area contributed by atoms with Gasteiger partial charge in [-0.15, -0.1) is 22.7 Å². The summed E-state index contributed by atoms with van der Waals surface area (Å²) in [5.74, 6) is 0. The fraction of sp³-hybridized carbons (Fsp3) is 0. The summed E-state index contributed by atoms with van der Waals surface area (Å²) in [4.78, 5) is 7.37. The Kier molecular flexibility index (Phi) is 7.58. The molecule has 0 N–H and O–H groups in total. The van der Waals surface area contributed by atoms with Crippen molar-refractivity contribution in [3.8, 4) is 32.8 Å². The van der Waals surface area contributed by atoms with Crippen LogP contribution < -0.4 is 4.90 Å². The van der Waals surface area contributed by atoms with Gasteiger partial charge in [0.1, 0.15) is 5.01 Å². The molecule has 0 saturated carbocycles. The van der Waals surface area contributed by atoms with Crippen LogP contribution in [0.15, 0.2) is 194 Å². The number of fused-ring (bicyclic) bond motifs is 7. The number of thiophene rings is 1. The number of aromatic nitrogens is 1. The molecule has 9 aromatic carbocycles. The fourth-order valence-electron chi connectivity index (χ4n) is 8.09. The van der Waals surface area contributed by atoms with E-state index in [-0.39, 0.29) is 0 Å². The summed E-state index contributed by atoms with van der Waals surface area (Å²) in [7, 11) is 0. The Bertz CT molecular complexity index is 3180. The van der Waals surface area contributed by atoms with Crippen molar-refractivity contribution >= 4 is 91.7 Å². The van der Waals surface area contributed by atoms with E-state index in [0.717, 1.165) is 33.1 Å². The fourth-order valence-corrected chi connectivity index (χ4v) is 10.2. The van der Waals surface area contributed by atoms with Crippen LogP contribution in [0.25, 0.3) is 84.8 Å². The molecule has 0 aliphatic rings. The van der Waals surface area contributed by atoms with E-state index in [9.17, 15) is 0 Å². The van der Waals surface area contributed by atoms with Crippen molar-refractivity contribution < 1.29 is 0 Å². The van der Waals surface area contributed by atoms with Gasteiger partial charge < -0.3 is 4.90 Å². The van der Waals surface area contributed by atoms with E-state index < -0.39 is 0 Å². The lowest BCUT2D eigenvalue weighted by atomic mass is 9.93. The maximum absolute atomic E-state index is 5.02. The van der Waals surface area contributed by atoms with E-state index >= 15 is 0 Å². The predicted molar refractivity (Wildman–Crippen MR) is 239 cm³/mol. The molecule has 258 valence electrons. The Morgan fingerprint density at radius 3 is 1.73 bits per heavy atom. The molecular formula is C51H32N2S2. The van der Waals surface area contributed by atoms with Gasteiger partial charge in [0.25, 0.3) is 0 Å². The van der Waals surface area contributed by atoms with E-state index in [1.807, 2.05) is 11.3 Å². The Balaban J connectivity index is 0.979. The van der Waals surface area contributed by atoms with Gasteiger partial charge >= 0.3 is 0 Å². The average Bonchev–Trinajstić information content (AvgIpc) is 3.84. The number of hydrogen-bond acceptors (Lipinski definition) is 4. The third kappa shape index (κ3) is 5.49. The van der Waals surface area contributed by atoms with Gasteiger partial charge in [-0.3, -0.25) is 0 Å². The summed E-state index contributed by atoms with van der Waals surface area (Å²) in [5.41, 5.74) is 10.5. The summed E-state index contributed by atoms with van der Waals surface area (Å²) in [6, 6.07) is 70.3. The van der Waals surface area contributed by atoms with E-state index in [1.54, 1.807) is 11.3 Å². The smallest absolute Gasteiger partial charge is 0.124 e. The molecule has 0 bridgehead atoms. The molecule has 2 aromatic heterocycles. The third-order valence-electron chi connectivity index (χ3n) is 10.7. The van der Waals surface area contributed by atoms with E-state index in [0.29, 0.717) is 0 Å². The number of para-hydroxylation sites is 1. The highest BCUT2D eigenvalue weighted by atomic mass is 32.1. The second-order valence-electron chi connectivity index (χ2n) is 13.9. The number of hydrogen-bond donors (Lipinski definition) is 0. The molecule has 2 nitrogen and oxygen atoms in total. The van der Waals surface area contributed by atoms with Gasteiger partial charge in [-0.05, 0) is 104 Å². The number of thiazole rings is 1. The van der Waals surface area contributed by atoms with Gasteiger partial charge in [0, 0.05) is 42.8 Å². The molecule has 55 heavy (non-hydrogen) atoms. The maximum Gasteiger partial charge on any atom is 0.124 e. The molecule has 0 aliphatic heterocycles. The Morgan fingerprint density at radius 2 is 0.982 bits per heavy atom. The zero-order valence-corrected chi connectivity index (χ0v) is 31.3. The van der Waals surface area contributed by atoms with Crippen LogP contribution in [0.1, 0.15) is 0 Å². The largest absolute Gasteiger partial charge is 0.311 e. The first kappa shape index (κ1) is 31.9. The number of benzene rings is 9. The minimum atomic E-state index is 1.06. The van der Waals surface area contributed by atoms with Crippen LogP contribution in [0.4, 0.5) is 17.1 Å². The van der Waals surface area contributed by atoms with Crippen molar-refractivity contribution in [3.05, 3.63) is 194 Å². The second-order valence-corrected chi connectivity index (χ2v) is 16.1. The molecule has 4 heteroatoms. The van der Waals surface area contributed by atoms with Gasteiger partial charge in [-0.25, -0.2) is 4.98 Å². The SMILES string of the molecule is c1ccc(-c2nc3cc4sc5cccc(-c6ccc(N(c7ccccc7)c7ccc(-c8cc9ccccc9c9ccccc89)cc7)cc6)c5c4cc3s2)cc1. The van der Waals surface area contributed by atoms with Crippen molar-refractivity contribution in [1.82, 2.24) is 4.98 Å². The molecule has 0 atom stereocenters. The topological polar surface area (TPSA) is 16.1 Å². The molecule has 0 unspecified atom stereocenters. The summed E-state index contributed by atoms with van der Waals surface area (Å²) in [6.07, 6.45) is 0. The van der Waals surface area contributed by atoms with Crippen LogP contribution in [-0.2, 0) is 0 Å². The molecule has 0 fully saturated rings. The highest BCUT2D eigenvalue weighted by Crippen LogP contribution is 2.44. The van der Waals surface area contributed by atoms with Gasteiger partial charge in [0.05, 0.1) is 10.2 Å². The molecule has 11 rings (SSSR count). The maximum atomic E-state index is 5.02. The summed E-state index contributed by atoms with van der Waals surface area (Å²) < 4.78 is 3.78. The first-order chi connectivity index (χ1) is 27.2. The van der Waals surface area contributed by atoms with Crippen LogP contribution in [-0.4, -0.2) is 4.98 Å². The van der Waals surface area contributed by atoms with Crippen LogP contribution in [0.3, 0.4) is 0 Å². The van der Waals surface area contributed by atoms with Crippen LogP contribution >= 0.6 is 22.7 Å². The Morgan fingerprint density at radius 1 is 0.364 bits per heavy atom. The highest BCUT2D eigenvalue weighted by Gasteiger charge is 2.17. The zero-order chi connectivity index (χ0) is 36.3. The minimum Gasteiger partial charge on any atom is -0.311 e. The molecule has 0 aliphatic carbocycles. The molecule has 2 heterocycles. The van der Waals surface area contributed by atoms with Crippen molar-refractivity contribution in [2.45, 2.75) is 0 Å². The van der Waals surface area contributed by atoms with Crippen LogP contribution in [0, 0.1) is 0 Å². The predicted octanol–water partition coefficient (Wildman–Crippen LogP) is 15.4. The lowest BCUT2D eigenvalue weighted by Gasteiger charge is -2.26. The number of anilines is 3. The summed E-state index contributed by atoms with van der Waals surface area (Å²) in [5, 5.41) is 8.76. The normalized spacial score (nSPS) is 11.6. The van der Waals surface area contributed by atoms with Crippen LogP contribution in [0.2, 0.25) is 0 Å². The zero-order valence-electron chi connectivity index (χ0n) is 29.7. The minimum absolute atomic E-state index is 1.06. The molecule has 0 saturated heterocycles. The Labute approximate surface area is 326 Å². The highest BCUT2D eigenvalue weighted by molar-refractivity contribution is 7.26. The van der Waals surface area contributed by atoms with Crippen molar-refractivity contribution in [2.24, 2.45) is 0 Å². The number of rotatable bonds is 6. The van der Waals surface area contributed by atoms with E-state index in [2.05, 4.69) is 199 Å². The quantitative estimate of drug-likeness (QED) is 0.158. The average molecular weight is 737 g/mol. The van der Waals surface area contributed by atoms with Crippen molar-refractivity contribution in [3.63, 3.8) is 0 Å².